The fourth-order valence-electron chi connectivity index (χ4n) is 4.23. The van der Waals surface area contributed by atoms with Gasteiger partial charge in [-0.1, -0.05) is 47.6 Å². The van der Waals surface area contributed by atoms with Gasteiger partial charge in [-0.2, -0.15) is 0 Å². The van der Waals surface area contributed by atoms with Crippen molar-refractivity contribution in [2.45, 2.75) is 50.6 Å². The summed E-state index contributed by atoms with van der Waals surface area (Å²) in [6.45, 7) is 2.24. The van der Waals surface area contributed by atoms with Gasteiger partial charge in [0.25, 0.3) is 5.91 Å². The van der Waals surface area contributed by atoms with Gasteiger partial charge in [0.05, 0.1) is 15.1 Å². The van der Waals surface area contributed by atoms with Gasteiger partial charge in [-0.25, -0.2) is 9.59 Å². The number of carbonyl (C=O) groups is 3. The first kappa shape index (κ1) is 28.2. The van der Waals surface area contributed by atoms with Crippen molar-refractivity contribution in [3.05, 3.63) is 39.4 Å². The standard InChI is InChI=1S/C19H25Cl3N2O2.C4H4O4/c1-23(16-6-2-3-7-17(16)24-8-4-5-9-24)19(25)12-26-18-11-14(21)13(20)10-15(18)22;5-3(6)1-2-4(7)8/h10-11,16-17H,2-9,12H2,1H3;1-2H,(H,5,6)(H,7,8)/b;2-1+/t16-,17+;/m1./s1. The van der Waals surface area contributed by atoms with Crippen LogP contribution in [-0.2, 0) is 14.4 Å². The van der Waals surface area contributed by atoms with Gasteiger partial charge in [0.1, 0.15) is 5.75 Å². The van der Waals surface area contributed by atoms with Gasteiger partial charge < -0.3 is 19.8 Å². The minimum atomic E-state index is -1.26. The zero-order chi connectivity index (χ0) is 25.3. The fourth-order valence-corrected chi connectivity index (χ4v) is 4.82. The molecule has 1 heterocycles. The Kier molecular flexibility index (Phi) is 11.4. The zero-order valence-electron chi connectivity index (χ0n) is 18.9. The summed E-state index contributed by atoms with van der Waals surface area (Å²) < 4.78 is 5.63. The van der Waals surface area contributed by atoms with Crippen molar-refractivity contribution in [3.8, 4) is 5.75 Å². The van der Waals surface area contributed by atoms with Crippen molar-refractivity contribution in [1.29, 1.82) is 0 Å². The lowest BCUT2D eigenvalue weighted by atomic mass is 9.88. The molecular weight excluding hydrogens is 507 g/mol. The Morgan fingerprint density at radius 2 is 1.53 bits per heavy atom. The molecule has 2 fully saturated rings. The van der Waals surface area contributed by atoms with Gasteiger partial charge in [-0.3, -0.25) is 9.69 Å². The van der Waals surface area contributed by atoms with Gasteiger partial charge >= 0.3 is 11.9 Å². The van der Waals surface area contributed by atoms with Gasteiger partial charge in [0.2, 0.25) is 0 Å². The topological polar surface area (TPSA) is 107 Å². The molecule has 1 aromatic rings. The Bertz CT molecular complexity index is 889. The van der Waals surface area contributed by atoms with Crippen LogP contribution in [0.1, 0.15) is 38.5 Å². The van der Waals surface area contributed by atoms with Crippen LogP contribution in [-0.4, -0.2) is 76.7 Å². The van der Waals surface area contributed by atoms with Crippen LogP contribution in [0, 0.1) is 0 Å². The van der Waals surface area contributed by atoms with Crippen LogP contribution >= 0.6 is 34.8 Å². The highest BCUT2D eigenvalue weighted by Crippen LogP contribution is 2.34. The fraction of sp³-hybridized carbons (Fsp3) is 0.522. The number of hydrogen-bond donors (Lipinski definition) is 2. The summed E-state index contributed by atoms with van der Waals surface area (Å²) in [5, 5.41) is 16.7. The maximum atomic E-state index is 12.7. The predicted octanol–water partition coefficient (Wildman–Crippen LogP) is 4.60. The van der Waals surface area contributed by atoms with E-state index in [4.69, 9.17) is 49.8 Å². The molecule has 2 atom stereocenters. The molecule has 1 aliphatic carbocycles. The van der Waals surface area contributed by atoms with E-state index in [1.165, 1.54) is 38.2 Å². The molecule has 34 heavy (non-hydrogen) atoms. The summed E-state index contributed by atoms with van der Waals surface area (Å²) in [4.78, 5) is 36.3. The van der Waals surface area contributed by atoms with E-state index in [1.807, 2.05) is 11.9 Å². The Balaban J connectivity index is 0.000000440. The number of likely N-dealkylation sites (tertiary alicyclic amines) is 1. The number of hydrogen-bond acceptors (Lipinski definition) is 5. The van der Waals surface area contributed by atoms with E-state index in [-0.39, 0.29) is 18.6 Å². The largest absolute Gasteiger partial charge is 0.482 e. The summed E-state index contributed by atoms with van der Waals surface area (Å²) in [5.41, 5.74) is 0. The number of rotatable bonds is 7. The molecule has 2 N–H and O–H groups in total. The van der Waals surface area contributed by atoms with Gasteiger partial charge in [0, 0.05) is 37.3 Å². The molecule has 2 aliphatic rings. The number of ether oxygens (including phenoxy) is 1. The van der Waals surface area contributed by atoms with E-state index in [1.54, 1.807) is 6.07 Å². The third-order valence-electron chi connectivity index (χ3n) is 5.89. The average molecular weight is 536 g/mol. The second-order valence-corrected chi connectivity index (χ2v) is 9.38. The van der Waals surface area contributed by atoms with E-state index in [9.17, 15) is 14.4 Å². The number of benzene rings is 1. The number of halogens is 3. The Morgan fingerprint density at radius 1 is 0.971 bits per heavy atom. The molecule has 188 valence electrons. The van der Waals surface area contributed by atoms with Gasteiger partial charge in [0.15, 0.2) is 6.61 Å². The summed E-state index contributed by atoms with van der Waals surface area (Å²) >= 11 is 18.1. The minimum absolute atomic E-state index is 0.0387. The van der Waals surface area contributed by atoms with Crippen LogP contribution in [0.15, 0.2) is 24.3 Å². The molecule has 0 aromatic heterocycles. The smallest absolute Gasteiger partial charge is 0.328 e. The molecular formula is C23H29Cl3N2O6. The predicted molar refractivity (Wildman–Crippen MR) is 131 cm³/mol. The molecule has 0 radical (unpaired) electrons. The van der Waals surface area contributed by atoms with E-state index in [0.717, 1.165) is 19.5 Å². The van der Waals surface area contributed by atoms with Crippen molar-refractivity contribution in [2.24, 2.45) is 0 Å². The molecule has 1 amide bonds. The van der Waals surface area contributed by atoms with Crippen molar-refractivity contribution in [1.82, 2.24) is 9.80 Å². The van der Waals surface area contributed by atoms with Gasteiger partial charge in [-0.15, -0.1) is 0 Å². The molecule has 0 spiro atoms. The van der Waals surface area contributed by atoms with Crippen molar-refractivity contribution in [3.63, 3.8) is 0 Å². The van der Waals surface area contributed by atoms with E-state index >= 15 is 0 Å². The normalized spacial score (nSPS) is 20.5. The molecule has 1 aromatic carbocycles. The molecule has 0 unspecified atom stereocenters. The number of amides is 1. The lowest BCUT2D eigenvalue weighted by Crippen LogP contribution is -2.53. The Hall–Kier alpha value is -2.00. The third-order valence-corrected chi connectivity index (χ3v) is 6.91. The summed E-state index contributed by atoms with van der Waals surface area (Å²) in [5.74, 6) is -2.18. The maximum absolute atomic E-state index is 12.7. The second-order valence-electron chi connectivity index (χ2n) is 8.16. The van der Waals surface area contributed by atoms with Crippen molar-refractivity contribution < 1.29 is 29.3 Å². The highest BCUT2D eigenvalue weighted by atomic mass is 35.5. The van der Waals surface area contributed by atoms with Crippen LogP contribution < -0.4 is 4.74 Å². The van der Waals surface area contributed by atoms with E-state index < -0.39 is 11.9 Å². The molecule has 1 saturated heterocycles. The monoisotopic (exact) mass is 534 g/mol. The Morgan fingerprint density at radius 3 is 2.12 bits per heavy atom. The highest BCUT2D eigenvalue weighted by molar-refractivity contribution is 6.43. The maximum Gasteiger partial charge on any atom is 0.328 e. The first-order chi connectivity index (χ1) is 16.1. The second kappa shape index (κ2) is 13.8. The summed E-state index contributed by atoms with van der Waals surface area (Å²) in [6, 6.07) is 3.79. The quantitative estimate of drug-likeness (QED) is 0.388. The number of carbonyl (C=O) groups excluding carboxylic acids is 1. The zero-order valence-corrected chi connectivity index (χ0v) is 21.2. The molecule has 8 nitrogen and oxygen atoms in total. The number of carboxylic acid groups (broad SMARTS) is 2. The molecule has 11 heteroatoms. The summed E-state index contributed by atoms with van der Waals surface area (Å²) in [6.07, 6.45) is 8.28. The third kappa shape index (κ3) is 8.65. The highest BCUT2D eigenvalue weighted by Gasteiger charge is 2.35. The lowest BCUT2D eigenvalue weighted by molar-refractivity contribution is -0.136. The van der Waals surface area contributed by atoms with Crippen LogP contribution in [0.25, 0.3) is 0 Å². The number of aliphatic carboxylic acids is 2. The van der Waals surface area contributed by atoms with Crippen LogP contribution in [0.2, 0.25) is 15.1 Å². The molecule has 3 rings (SSSR count). The van der Waals surface area contributed by atoms with Gasteiger partial charge in [-0.05, 0) is 44.8 Å². The molecule has 1 saturated carbocycles. The molecule has 1 aliphatic heterocycles. The van der Waals surface area contributed by atoms with E-state index in [2.05, 4.69) is 4.90 Å². The summed E-state index contributed by atoms with van der Waals surface area (Å²) in [7, 11) is 1.89. The Labute approximate surface area is 214 Å². The van der Waals surface area contributed by atoms with E-state index in [0.29, 0.717) is 39.0 Å². The molecule has 0 bridgehead atoms. The van der Waals surface area contributed by atoms with Crippen LogP contribution in [0.5, 0.6) is 5.75 Å². The number of carboxylic acids is 2. The van der Waals surface area contributed by atoms with Crippen LogP contribution in [0.4, 0.5) is 0 Å². The van der Waals surface area contributed by atoms with Crippen molar-refractivity contribution >= 4 is 52.6 Å². The van der Waals surface area contributed by atoms with Crippen molar-refractivity contribution in [2.75, 3.05) is 26.7 Å². The first-order valence-corrected chi connectivity index (χ1v) is 12.1. The average Bonchev–Trinajstić information content (AvgIpc) is 3.34. The number of likely N-dealkylation sites (N-methyl/N-ethyl adjacent to an activating group) is 1. The lowest BCUT2D eigenvalue weighted by Gasteiger charge is -2.42. The minimum Gasteiger partial charge on any atom is -0.482 e. The number of nitrogens with zero attached hydrogens (tertiary/aromatic N) is 2. The van der Waals surface area contributed by atoms with Crippen LogP contribution in [0.3, 0.4) is 0 Å². The SMILES string of the molecule is CN(C(=O)COc1cc(Cl)c(Cl)cc1Cl)[C@@H]1CCCC[C@@H]1N1CCCC1.O=C(O)/C=C/C(=O)O. The first-order valence-electron chi connectivity index (χ1n) is 11.0.